The number of fused-ring (bicyclic) bond motifs is 3. The topological polar surface area (TPSA) is 63.2 Å². The number of rotatable bonds is 1. The lowest BCUT2D eigenvalue weighted by Gasteiger charge is -2.26. The van der Waals surface area contributed by atoms with E-state index in [2.05, 4.69) is 9.98 Å². The Kier molecular flexibility index (Phi) is 2.07. The molecule has 0 saturated heterocycles. The van der Waals surface area contributed by atoms with E-state index in [1.165, 1.54) is 0 Å². The fourth-order valence-electron chi connectivity index (χ4n) is 2.30. The molecule has 0 amide bonds. The van der Waals surface area contributed by atoms with E-state index in [1.807, 2.05) is 24.0 Å². The summed E-state index contributed by atoms with van der Waals surface area (Å²) in [5, 5.41) is 0. The second-order valence-corrected chi connectivity index (χ2v) is 4.12. The summed E-state index contributed by atoms with van der Waals surface area (Å²) in [6.45, 7) is 3.57. The molecule has 0 atom stereocenters. The Hall–Kier alpha value is -2.04. The van der Waals surface area contributed by atoms with Crippen LogP contribution in [0.1, 0.15) is 11.1 Å². The van der Waals surface area contributed by atoms with Crippen molar-refractivity contribution in [2.45, 2.75) is 6.92 Å². The molecule has 0 radical (unpaired) electrons. The summed E-state index contributed by atoms with van der Waals surface area (Å²) in [6, 6.07) is 3.94. The fourth-order valence-corrected chi connectivity index (χ4v) is 2.30. The van der Waals surface area contributed by atoms with Crippen LogP contribution in [0.15, 0.2) is 22.1 Å². The lowest BCUT2D eigenvalue weighted by atomic mass is 10.0. The first kappa shape index (κ1) is 10.1. The molecule has 5 heteroatoms. The van der Waals surface area contributed by atoms with Crippen molar-refractivity contribution < 1.29 is 4.74 Å². The van der Waals surface area contributed by atoms with Crippen LogP contribution in [-0.4, -0.2) is 36.9 Å². The number of amidine groups is 1. The lowest BCUT2D eigenvalue weighted by Crippen LogP contribution is -2.42. The second kappa shape index (κ2) is 3.48. The number of benzene rings is 1. The van der Waals surface area contributed by atoms with Crippen molar-refractivity contribution in [2.24, 2.45) is 15.7 Å². The Balaban J connectivity index is 2.25. The monoisotopic (exact) mass is 230 g/mol. The minimum absolute atomic E-state index is 0.519. The van der Waals surface area contributed by atoms with Crippen molar-refractivity contribution in [2.75, 3.05) is 20.2 Å². The highest BCUT2D eigenvalue weighted by atomic mass is 16.5. The molecular formula is C12H14N4O. The van der Waals surface area contributed by atoms with E-state index in [0.717, 1.165) is 41.5 Å². The van der Waals surface area contributed by atoms with Crippen LogP contribution in [0.25, 0.3) is 0 Å². The Morgan fingerprint density at radius 1 is 1.41 bits per heavy atom. The lowest BCUT2D eigenvalue weighted by molar-refractivity contribution is 0.412. The minimum atomic E-state index is 0.519. The van der Waals surface area contributed by atoms with Crippen molar-refractivity contribution in [1.82, 2.24) is 4.90 Å². The third-order valence-corrected chi connectivity index (χ3v) is 3.19. The molecule has 17 heavy (non-hydrogen) atoms. The van der Waals surface area contributed by atoms with Gasteiger partial charge in [0.05, 0.1) is 19.3 Å². The van der Waals surface area contributed by atoms with Gasteiger partial charge in [-0.15, -0.1) is 0 Å². The molecule has 2 aliphatic rings. The Bertz CT molecular complexity index is 548. The van der Waals surface area contributed by atoms with Crippen molar-refractivity contribution in [1.29, 1.82) is 0 Å². The van der Waals surface area contributed by atoms with Gasteiger partial charge >= 0.3 is 0 Å². The molecule has 0 bridgehead atoms. The number of nitrogens with two attached hydrogens (primary N) is 1. The Labute approximate surface area is 99.6 Å². The highest BCUT2D eigenvalue weighted by Crippen LogP contribution is 2.35. The van der Waals surface area contributed by atoms with E-state index < -0.39 is 0 Å². The molecule has 0 spiro atoms. The largest absolute Gasteiger partial charge is 0.496 e. The van der Waals surface area contributed by atoms with E-state index in [1.54, 1.807) is 7.11 Å². The van der Waals surface area contributed by atoms with Gasteiger partial charge in [0.25, 0.3) is 0 Å². The van der Waals surface area contributed by atoms with Gasteiger partial charge < -0.3 is 10.5 Å². The molecule has 3 rings (SSSR count). The van der Waals surface area contributed by atoms with Crippen LogP contribution in [0.4, 0.5) is 5.69 Å². The average molecular weight is 230 g/mol. The standard InChI is InChI=1S/C12H14N4O/c1-7-9(17-2)4-3-8-10(7)15-12(13)16-6-5-14-11(8)16/h3-4H,5-6H2,1-2H3,(H2,13,15). The molecule has 2 aliphatic heterocycles. The summed E-state index contributed by atoms with van der Waals surface area (Å²) >= 11 is 0. The summed E-state index contributed by atoms with van der Waals surface area (Å²) in [4.78, 5) is 10.9. The molecule has 2 heterocycles. The number of aliphatic imine (C=N–C) groups is 2. The highest BCUT2D eigenvalue weighted by molar-refractivity contribution is 6.15. The van der Waals surface area contributed by atoms with Gasteiger partial charge in [-0.3, -0.25) is 9.89 Å². The van der Waals surface area contributed by atoms with Crippen molar-refractivity contribution in [3.8, 4) is 5.75 Å². The zero-order valence-electron chi connectivity index (χ0n) is 9.90. The van der Waals surface area contributed by atoms with Gasteiger partial charge in [0, 0.05) is 17.7 Å². The maximum absolute atomic E-state index is 5.95. The molecule has 5 nitrogen and oxygen atoms in total. The normalized spacial score (nSPS) is 17.2. The summed E-state index contributed by atoms with van der Waals surface area (Å²) in [6.07, 6.45) is 0. The molecule has 2 N–H and O–H groups in total. The van der Waals surface area contributed by atoms with Crippen molar-refractivity contribution in [3.05, 3.63) is 23.3 Å². The van der Waals surface area contributed by atoms with E-state index in [9.17, 15) is 0 Å². The first-order valence-electron chi connectivity index (χ1n) is 5.56. The number of methoxy groups -OCH3 is 1. The van der Waals surface area contributed by atoms with E-state index >= 15 is 0 Å². The van der Waals surface area contributed by atoms with Crippen LogP contribution >= 0.6 is 0 Å². The first-order chi connectivity index (χ1) is 8.22. The summed E-state index contributed by atoms with van der Waals surface area (Å²) < 4.78 is 5.29. The van der Waals surface area contributed by atoms with Gasteiger partial charge in [-0.2, -0.15) is 0 Å². The molecule has 0 saturated carbocycles. The molecule has 88 valence electrons. The van der Waals surface area contributed by atoms with Gasteiger partial charge in [-0.05, 0) is 19.1 Å². The third kappa shape index (κ3) is 1.32. The first-order valence-corrected chi connectivity index (χ1v) is 5.56. The summed E-state index contributed by atoms with van der Waals surface area (Å²) in [7, 11) is 1.66. The number of hydrogen-bond acceptors (Lipinski definition) is 5. The quantitative estimate of drug-likeness (QED) is 0.783. The van der Waals surface area contributed by atoms with E-state index in [-0.39, 0.29) is 0 Å². The number of ether oxygens (including phenoxy) is 1. The molecule has 0 unspecified atom stereocenters. The Morgan fingerprint density at radius 2 is 2.24 bits per heavy atom. The third-order valence-electron chi connectivity index (χ3n) is 3.19. The van der Waals surface area contributed by atoms with Crippen LogP contribution in [0.3, 0.4) is 0 Å². The molecular weight excluding hydrogens is 216 g/mol. The van der Waals surface area contributed by atoms with Gasteiger partial charge in [0.1, 0.15) is 11.6 Å². The van der Waals surface area contributed by atoms with Crippen LogP contribution in [0.5, 0.6) is 5.75 Å². The van der Waals surface area contributed by atoms with Gasteiger partial charge in [0.15, 0.2) is 0 Å². The predicted molar refractivity (Wildman–Crippen MR) is 67.1 cm³/mol. The molecule has 0 fully saturated rings. The molecule has 0 aromatic heterocycles. The van der Waals surface area contributed by atoms with E-state index in [4.69, 9.17) is 10.5 Å². The van der Waals surface area contributed by atoms with Crippen LogP contribution < -0.4 is 10.5 Å². The number of nitrogens with zero attached hydrogens (tertiary/aromatic N) is 3. The van der Waals surface area contributed by atoms with Crippen LogP contribution in [0.2, 0.25) is 0 Å². The van der Waals surface area contributed by atoms with Crippen LogP contribution in [0, 0.1) is 6.92 Å². The van der Waals surface area contributed by atoms with Gasteiger partial charge in [-0.1, -0.05) is 0 Å². The van der Waals surface area contributed by atoms with Crippen molar-refractivity contribution in [3.63, 3.8) is 0 Å². The highest BCUT2D eigenvalue weighted by Gasteiger charge is 2.29. The second-order valence-electron chi connectivity index (χ2n) is 4.12. The fraction of sp³-hybridized carbons (Fsp3) is 0.333. The smallest absolute Gasteiger partial charge is 0.202 e. The zero-order valence-corrected chi connectivity index (χ0v) is 9.90. The van der Waals surface area contributed by atoms with Crippen molar-refractivity contribution >= 4 is 17.5 Å². The summed E-state index contributed by atoms with van der Waals surface area (Å²) in [5.41, 5.74) is 8.86. The molecule has 0 aliphatic carbocycles. The molecule has 1 aromatic carbocycles. The van der Waals surface area contributed by atoms with Gasteiger partial charge in [0.2, 0.25) is 5.96 Å². The van der Waals surface area contributed by atoms with Crippen LogP contribution in [-0.2, 0) is 0 Å². The predicted octanol–water partition coefficient (Wildman–Crippen LogP) is 1.03. The number of guanidine groups is 1. The minimum Gasteiger partial charge on any atom is -0.496 e. The summed E-state index contributed by atoms with van der Waals surface area (Å²) in [5.74, 6) is 2.27. The average Bonchev–Trinajstić information content (AvgIpc) is 2.81. The van der Waals surface area contributed by atoms with E-state index in [0.29, 0.717) is 5.96 Å². The maximum atomic E-state index is 5.95. The number of hydrogen-bond donors (Lipinski definition) is 1. The SMILES string of the molecule is COc1ccc2c(c1C)N=C(N)N1CCN=C21. The molecule has 1 aromatic rings. The van der Waals surface area contributed by atoms with Gasteiger partial charge in [-0.25, -0.2) is 4.99 Å². The Morgan fingerprint density at radius 3 is 3.00 bits per heavy atom. The maximum Gasteiger partial charge on any atom is 0.202 e. The zero-order chi connectivity index (χ0) is 12.0.